The molecular formula is C19H20N2O3. The summed E-state index contributed by atoms with van der Waals surface area (Å²) in [5.74, 6) is -0.214. The Hall–Kier alpha value is -2.66. The molecule has 1 heterocycles. The minimum atomic E-state index is -0.943. The van der Waals surface area contributed by atoms with Crippen molar-refractivity contribution in [2.75, 3.05) is 0 Å². The van der Waals surface area contributed by atoms with Crippen LogP contribution < -0.4 is 5.48 Å². The van der Waals surface area contributed by atoms with Gasteiger partial charge in [0.2, 0.25) is 5.90 Å². The molecule has 0 aliphatic carbocycles. The van der Waals surface area contributed by atoms with E-state index in [9.17, 15) is 4.79 Å². The van der Waals surface area contributed by atoms with Crippen LogP contribution in [0.25, 0.3) is 0 Å². The van der Waals surface area contributed by atoms with Crippen LogP contribution in [-0.2, 0) is 10.5 Å². The van der Waals surface area contributed by atoms with Crippen LogP contribution in [0.5, 0.6) is 0 Å². The van der Waals surface area contributed by atoms with E-state index in [1.54, 1.807) is 24.3 Å². The van der Waals surface area contributed by atoms with Crippen LogP contribution in [0.4, 0.5) is 0 Å². The minimum Gasteiger partial charge on any atom is -0.478 e. The molecule has 0 amide bonds. The molecule has 0 spiro atoms. The number of aromatic carboxylic acids is 1. The zero-order chi connectivity index (χ0) is 17.2. The number of carboxylic acids is 1. The number of carboxylic acid groups (broad SMARTS) is 1. The van der Waals surface area contributed by atoms with Crippen molar-refractivity contribution in [1.29, 1.82) is 0 Å². The SMILES string of the molecule is CCC(C1=NC(C)(c2ccc(C(=O)O)cc2)NO1)c1ccccc1. The van der Waals surface area contributed by atoms with Crippen molar-refractivity contribution >= 4 is 11.9 Å². The molecule has 5 nitrogen and oxygen atoms in total. The first-order valence-electron chi connectivity index (χ1n) is 7.96. The van der Waals surface area contributed by atoms with Crippen molar-refractivity contribution < 1.29 is 14.7 Å². The number of benzene rings is 2. The summed E-state index contributed by atoms with van der Waals surface area (Å²) in [6, 6.07) is 16.8. The standard InChI is InChI=1S/C19H20N2O3/c1-3-16(13-7-5-4-6-8-13)17-20-19(2,21-24-17)15-11-9-14(10-12-15)18(22)23/h4-12,16,21H,3H2,1-2H3,(H,22,23). The maximum atomic E-state index is 11.0. The normalized spacial score (nSPS) is 21.0. The summed E-state index contributed by atoms with van der Waals surface area (Å²) >= 11 is 0. The molecule has 0 fully saturated rings. The Morgan fingerprint density at radius 2 is 1.88 bits per heavy atom. The van der Waals surface area contributed by atoms with Gasteiger partial charge in [-0.15, -0.1) is 5.48 Å². The Morgan fingerprint density at radius 3 is 2.46 bits per heavy atom. The smallest absolute Gasteiger partial charge is 0.335 e. The first-order valence-corrected chi connectivity index (χ1v) is 7.96. The number of nitrogens with one attached hydrogen (secondary N) is 1. The number of rotatable bonds is 5. The molecule has 0 aromatic heterocycles. The third-order valence-electron chi connectivity index (χ3n) is 4.29. The third-order valence-corrected chi connectivity index (χ3v) is 4.29. The van der Waals surface area contributed by atoms with E-state index < -0.39 is 11.6 Å². The van der Waals surface area contributed by atoms with Gasteiger partial charge in [-0.2, -0.15) is 0 Å². The Bertz CT molecular complexity index is 756. The van der Waals surface area contributed by atoms with Crippen molar-refractivity contribution in [3.63, 3.8) is 0 Å². The summed E-state index contributed by atoms with van der Waals surface area (Å²) in [5, 5.41) is 9.01. The van der Waals surface area contributed by atoms with Gasteiger partial charge in [0, 0.05) is 0 Å². The van der Waals surface area contributed by atoms with E-state index in [2.05, 4.69) is 24.5 Å². The molecule has 1 aliphatic heterocycles. The van der Waals surface area contributed by atoms with Gasteiger partial charge in [0.1, 0.15) is 0 Å². The average Bonchev–Trinajstić information content (AvgIpc) is 3.00. The van der Waals surface area contributed by atoms with Gasteiger partial charge in [-0.05, 0) is 36.6 Å². The molecule has 2 aromatic carbocycles. The molecule has 24 heavy (non-hydrogen) atoms. The molecule has 2 aromatic rings. The van der Waals surface area contributed by atoms with E-state index in [0.717, 1.165) is 17.5 Å². The fourth-order valence-corrected chi connectivity index (χ4v) is 2.87. The zero-order valence-electron chi connectivity index (χ0n) is 13.7. The highest BCUT2D eigenvalue weighted by Gasteiger charge is 2.36. The second-order valence-corrected chi connectivity index (χ2v) is 5.98. The number of hydrogen-bond donors (Lipinski definition) is 2. The van der Waals surface area contributed by atoms with Crippen LogP contribution in [-0.4, -0.2) is 17.0 Å². The molecule has 124 valence electrons. The Labute approximate surface area is 141 Å². The number of carbonyl (C=O) groups is 1. The molecular weight excluding hydrogens is 304 g/mol. The van der Waals surface area contributed by atoms with Gasteiger partial charge in [0.25, 0.3) is 0 Å². The topological polar surface area (TPSA) is 70.9 Å². The van der Waals surface area contributed by atoms with Gasteiger partial charge in [-0.1, -0.05) is 49.4 Å². The van der Waals surface area contributed by atoms with E-state index in [4.69, 9.17) is 14.9 Å². The van der Waals surface area contributed by atoms with Gasteiger partial charge in [0.05, 0.1) is 11.5 Å². The van der Waals surface area contributed by atoms with E-state index in [1.807, 2.05) is 25.1 Å². The Morgan fingerprint density at radius 1 is 1.21 bits per heavy atom. The molecule has 2 atom stereocenters. The van der Waals surface area contributed by atoms with Gasteiger partial charge >= 0.3 is 5.97 Å². The number of hydrogen-bond acceptors (Lipinski definition) is 4. The molecule has 0 saturated carbocycles. The largest absolute Gasteiger partial charge is 0.478 e. The van der Waals surface area contributed by atoms with Crippen LogP contribution in [0.2, 0.25) is 0 Å². The molecule has 2 N–H and O–H groups in total. The fraction of sp³-hybridized carbons (Fsp3) is 0.263. The quantitative estimate of drug-likeness (QED) is 0.880. The summed E-state index contributed by atoms with van der Waals surface area (Å²) < 4.78 is 0. The molecule has 5 heteroatoms. The summed E-state index contributed by atoms with van der Waals surface area (Å²) in [6.07, 6.45) is 0.874. The van der Waals surface area contributed by atoms with Crippen molar-refractivity contribution in [1.82, 2.24) is 5.48 Å². The lowest BCUT2D eigenvalue weighted by atomic mass is 9.96. The van der Waals surface area contributed by atoms with E-state index >= 15 is 0 Å². The van der Waals surface area contributed by atoms with Crippen LogP contribution in [0, 0.1) is 0 Å². The van der Waals surface area contributed by atoms with E-state index in [-0.39, 0.29) is 11.5 Å². The second kappa shape index (κ2) is 6.45. The molecule has 3 rings (SSSR count). The molecule has 0 radical (unpaired) electrons. The lowest BCUT2D eigenvalue weighted by Crippen LogP contribution is -2.32. The van der Waals surface area contributed by atoms with Crippen molar-refractivity contribution in [3.8, 4) is 0 Å². The highest BCUT2D eigenvalue weighted by atomic mass is 16.7. The van der Waals surface area contributed by atoms with E-state index in [1.165, 1.54) is 0 Å². The Balaban J connectivity index is 1.89. The average molecular weight is 324 g/mol. The summed E-state index contributed by atoms with van der Waals surface area (Å²) in [4.78, 5) is 21.4. The van der Waals surface area contributed by atoms with Crippen molar-refractivity contribution in [2.45, 2.75) is 31.8 Å². The van der Waals surface area contributed by atoms with Crippen LogP contribution in [0.3, 0.4) is 0 Å². The Kier molecular flexibility index (Phi) is 4.36. The zero-order valence-corrected chi connectivity index (χ0v) is 13.7. The predicted octanol–water partition coefficient (Wildman–Crippen LogP) is 3.68. The maximum Gasteiger partial charge on any atom is 0.335 e. The minimum absolute atomic E-state index is 0.0822. The predicted molar refractivity (Wildman–Crippen MR) is 91.9 cm³/mol. The number of nitrogens with zero attached hydrogens (tertiary/aromatic N) is 1. The second-order valence-electron chi connectivity index (χ2n) is 5.98. The lowest BCUT2D eigenvalue weighted by molar-refractivity contribution is 0.0696. The van der Waals surface area contributed by atoms with Crippen LogP contribution >= 0.6 is 0 Å². The highest BCUT2D eigenvalue weighted by molar-refractivity contribution is 5.88. The summed E-state index contributed by atoms with van der Waals surface area (Å²) in [6.45, 7) is 4.01. The lowest BCUT2D eigenvalue weighted by Gasteiger charge is -2.19. The summed E-state index contributed by atoms with van der Waals surface area (Å²) in [7, 11) is 0. The number of hydroxylamine groups is 1. The first kappa shape index (κ1) is 16.2. The van der Waals surface area contributed by atoms with Crippen LogP contribution in [0.15, 0.2) is 59.6 Å². The first-order chi connectivity index (χ1) is 11.5. The fourth-order valence-electron chi connectivity index (χ4n) is 2.87. The molecule has 1 aliphatic rings. The van der Waals surface area contributed by atoms with Crippen molar-refractivity contribution in [2.24, 2.45) is 4.99 Å². The third kappa shape index (κ3) is 3.03. The van der Waals surface area contributed by atoms with E-state index in [0.29, 0.717) is 5.90 Å². The van der Waals surface area contributed by atoms with Gasteiger partial charge in [-0.3, -0.25) is 0 Å². The van der Waals surface area contributed by atoms with Crippen molar-refractivity contribution in [3.05, 3.63) is 71.3 Å². The van der Waals surface area contributed by atoms with Gasteiger partial charge in [0.15, 0.2) is 5.66 Å². The van der Waals surface area contributed by atoms with Gasteiger partial charge in [-0.25, -0.2) is 9.79 Å². The highest BCUT2D eigenvalue weighted by Crippen LogP contribution is 2.32. The molecule has 2 unspecified atom stereocenters. The monoisotopic (exact) mass is 324 g/mol. The van der Waals surface area contributed by atoms with Gasteiger partial charge < -0.3 is 9.94 Å². The maximum absolute atomic E-state index is 11.0. The number of aliphatic imine (C=N–C) groups is 1. The molecule has 0 bridgehead atoms. The molecule has 0 saturated heterocycles. The van der Waals surface area contributed by atoms with Crippen LogP contribution in [0.1, 0.15) is 47.7 Å². The summed E-state index contributed by atoms with van der Waals surface area (Å²) in [5.41, 5.74) is 4.52.